The highest BCUT2D eigenvalue weighted by molar-refractivity contribution is 5.30. The summed E-state index contributed by atoms with van der Waals surface area (Å²) in [7, 11) is 0. The molecule has 0 radical (unpaired) electrons. The number of rotatable bonds is 6. The summed E-state index contributed by atoms with van der Waals surface area (Å²) < 4.78 is 13.5. The summed E-state index contributed by atoms with van der Waals surface area (Å²) in [4.78, 5) is 0. The molecule has 21 heavy (non-hydrogen) atoms. The van der Waals surface area contributed by atoms with Crippen molar-refractivity contribution in [3.05, 3.63) is 35.1 Å². The van der Waals surface area contributed by atoms with Gasteiger partial charge in [0.15, 0.2) is 0 Å². The first-order valence-corrected chi connectivity index (χ1v) is 8.37. The Hall–Kier alpha value is -0.930. The van der Waals surface area contributed by atoms with Gasteiger partial charge >= 0.3 is 0 Å². The number of halogens is 1. The van der Waals surface area contributed by atoms with Gasteiger partial charge in [0.25, 0.3) is 0 Å². The van der Waals surface area contributed by atoms with Gasteiger partial charge in [0.05, 0.1) is 0 Å². The van der Waals surface area contributed by atoms with Gasteiger partial charge in [-0.3, -0.25) is 11.3 Å². The summed E-state index contributed by atoms with van der Waals surface area (Å²) in [6.45, 7) is 4.29. The predicted molar refractivity (Wildman–Crippen MR) is 86.2 cm³/mol. The summed E-state index contributed by atoms with van der Waals surface area (Å²) in [5.41, 5.74) is 5.09. The quantitative estimate of drug-likeness (QED) is 0.592. The van der Waals surface area contributed by atoms with Crippen LogP contribution < -0.4 is 11.3 Å². The Morgan fingerprint density at radius 2 is 2.00 bits per heavy atom. The maximum absolute atomic E-state index is 13.5. The van der Waals surface area contributed by atoms with Crippen LogP contribution in [0.15, 0.2) is 18.2 Å². The Bertz CT molecular complexity index is 439. The minimum Gasteiger partial charge on any atom is -0.271 e. The smallest absolute Gasteiger partial charge is 0.123 e. The number of benzene rings is 1. The minimum absolute atomic E-state index is 0.0767. The molecule has 1 aromatic rings. The van der Waals surface area contributed by atoms with Crippen LogP contribution in [0.4, 0.5) is 4.39 Å². The molecule has 2 rings (SSSR count). The molecular formula is C18H29FN2. The van der Waals surface area contributed by atoms with Gasteiger partial charge in [-0.2, -0.15) is 0 Å². The third-order valence-electron chi connectivity index (χ3n) is 5.08. The topological polar surface area (TPSA) is 38.0 Å². The highest BCUT2D eigenvalue weighted by Crippen LogP contribution is 2.39. The Kier molecular flexibility index (Phi) is 6.19. The fourth-order valence-corrected chi connectivity index (χ4v) is 3.73. The van der Waals surface area contributed by atoms with Crippen molar-refractivity contribution < 1.29 is 4.39 Å². The van der Waals surface area contributed by atoms with Crippen molar-refractivity contribution >= 4 is 0 Å². The zero-order chi connectivity index (χ0) is 15.2. The standard InChI is InChI=1S/C18H29FN2/c1-3-4-5-14-7-9-15(10-8-14)18(21-20)17-12-16(19)11-6-13(17)2/h6,11-12,14-15,18,21H,3-5,7-10,20H2,1-2H3. The number of hydrogen-bond donors (Lipinski definition) is 2. The normalized spacial score (nSPS) is 24.0. The van der Waals surface area contributed by atoms with E-state index in [1.807, 2.05) is 13.0 Å². The summed E-state index contributed by atoms with van der Waals surface area (Å²) in [6, 6.07) is 5.09. The predicted octanol–water partition coefficient (Wildman–Crippen LogP) is 4.64. The largest absolute Gasteiger partial charge is 0.271 e. The van der Waals surface area contributed by atoms with Crippen LogP contribution in [0.2, 0.25) is 0 Å². The van der Waals surface area contributed by atoms with Gasteiger partial charge in [-0.25, -0.2) is 4.39 Å². The molecular weight excluding hydrogens is 263 g/mol. The lowest BCUT2D eigenvalue weighted by atomic mass is 9.75. The fraction of sp³-hybridized carbons (Fsp3) is 0.667. The molecule has 1 atom stereocenters. The Balaban J connectivity index is 2.01. The van der Waals surface area contributed by atoms with Crippen LogP contribution >= 0.6 is 0 Å². The van der Waals surface area contributed by atoms with Crippen LogP contribution in [-0.4, -0.2) is 0 Å². The SMILES string of the molecule is CCCCC1CCC(C(NN)c2cc(F)ccc2C)CC1. The van der Waals surface area contributed by atoms with E-state index in [-0.39, 0.29) is 11.9 Å². The second kappa shape index (κ2) is 7.90. The zero-order valence-electron chi connectivity index (χ0n) is 13.4. The molecule has 118 valence electrons. The molecule has 1 aliphatic carbocycles. The Labute approximate surface area is 128 Å². The molecule has 1 saturated carbocycles. The highest BCUT2D eigenvalue weighted by atomic mass is 19.1. The summed E-state index contributed by atoms with van der Waals surface area (Å²) in [6.07, 6.45) is 8.96. The van der Waals surface area contributed by atoms with Crippen molar-refractivity contribution in [2.75, 3.05) is 0 Å². The lowest BCUT2D eigenvalue weighted by Gasteiger charge is -2.34. The van der Waals surface area contributed by atoms with Crippen LogP contribution in [-0.2, 0) is 0 Å². The summed E-state index contributed by atoms with van der Waals surface area (Å²) in [5, 5.41) is 0. The van der Waals surface area contributed by atoms with Crippen molar-refractivity contribution in [1.82, 2.24) is 5.43 Å². The molecule has 1 aromatic carbocycles. The first kappa shape index (κ1) is 16.4. The second-order valence-electron chi connectivity index (χ2n) is 6.57. The van der Waals surface area contributed by atoms with Crippen molar-refractivity contribution in [2.45, 2.75) is 64.8 Å². The number of hydrogen-bond acceptors (Lipinski definition) is 2. The molecule has 0 bridgehead atoms. The van der Waals surface area contributed by atoms with Gasteiger partial charge in [-0.05, 0) is 54.9 Å². The maximum Gasteiger partial charge on any atom is 0.123 e. The molecule has 0 amide bonds. The molecule has 3 N–H and O–H groups in total. The Morgan fingerprint density at radius 3 is 2.62 bits per heavy atom. The van der Waals surface area contributed by atoms with Crippen molar-refractivity contribution in [3.8, 4) is 0 Å². The van der Waals surface area contributed by atoms with E-state index in [4.69, 9.17) is 5.84 Å². The van der Waals surface area contributed by atoms with Gasteiger partial charge < -0.3 is 0 Å². The average Bonchev–Trinajstić information content (AvgIpc) is 2.50. The van der Waals surface area contributed by atoms with E-state index in [2.05, 4.69) is 12.3 Å². The van der Waals surface area contributed by atoms with Crippen LogP contribution in [0.25, 0.3) is 0 Å². The lowest BCUT2D eigenvalue weighted by Crippen LogP contribution is -2.36. The lowest BCUT2D eigenvalue weighted by molar-refractivity contribution is 0.213. The number of unbranched alkanes of at least 4 members (excludes halogenated alkanes) is 1. The first-order chi connectivity index (χ1) is 10.2. The van der Waals surface area contributed by atoms with Crippen molar-refractivity contribution in [1.29, 1.82) is 0 Å². The van der Waals surface area contributed by atoms with Crippen molar-refractivity contribution in [3.63, 3.8) is 0 Å². The summed E-state index contributed by atoms with van der Waals surface area (Å²) in [5.74, 6) is 7.03. The number of hydrazine groups is 1. The molecule has 1 unspecified atom stereocenters. The molecule has 0 saturated heterocycles. The van der Waals surface area contributed by atoms with E-state index in [9.17, 15) is 4.39 Å². The highest BCUT2D eigenvalue weighted by Gasteiger charge is 2.28. The van der Waals surface area contributed by atoms with Crippen LogP contribution in [0.3, 0.4) is 0 Å². The number of aryl methyl sites for hydroxylation is 1. The third kappa shape index (κ3) is 4.27. The number of nitrogens with two attached hydrogens (primary N) is 1. The van der Waals surface area contributed by atoms with Crippen molar-refractivity contribution in [2.24, 2.45) is 17.7 Å². The number of nitrogens with one attached hydrogen (secondary N) is 1. The van der Waals surface area contributed by atoms with Gasteiger partial charge in [0.2, 0.25) is 0 Å². The third-order valence-corrected chi connectivity index (χ3v) is 5.08. The van der Waals surface area contributed by atoms with Gasteiger partial charge in [-0.1, -0.05) is 45.1 Å². The first-order valence-electron chi connectivity index (χ1n) is 8.37. The van der Waals surface area contributed by atoms with Crippen LogP contribution in [0, 0.1) is 24.6 Å². The molecule has 0 heterocycles. The van der Waals surface area contributed by atoms with Gasteiger partial charge in [0, 0.05) is 6.04 Å². The van der Waals surface area contributed by atoms with Gasteiger partial charge in [-0.15, -0.1) is 0 Å². The van der Waals surface area contributed by atoms with E-state index < -0.39 is 0 Å². The summed E-state index contributed by atoms with van der Waals surface area (Å²) >= 11 is 0. The average molecular weight is 292 g/mol. The van der Waals surface area contributed by atoms with E-state index in [1.165, 1.54) is 51.0 Å². The molecule has 0 spiro atoms. The van der Waals surface area contributed by atoms with Crippen LogP contribution in [0.5, 0.6) is 0 Å². The monoisotopic (exact) mass is 292 g/mol. The zero-order valence-corrected chi connectivity index (χ0v) is 13.4. The second-order valence-corrected chi connectivity index (χ2v) is 6.57. The molecule has 0 aromatic heterocycles. The maximum atomic E-state index is 13.5. The van der Waals surface area contributed by atoms with E-state index in [1.54, 1.807) is 6.07 Å². The molecule has 0 aliphatic heterocycles. The fourth-order valence-electron chi connectivity index (χ4n) is 3.73. The molecule has 1 fully saturated rings. The molecule has 1 aliphatic rings. The van der Waals surface area contributed by atoms with E-state index in [0.717, 1.165) is 17.0 Å². The molecule has 2 nitrogen and oxygen atoms in total. The Morgan fingerprint density at radius 1 is 1.29 bits per heavy atom. The minimum atomic E-state index is -0.174. The molecule has 3 heteroatoms. The van der Waals surface area contributed by atoms with Crippen LogP contribution in [0.1, 0.15) is 69.0 Å². The van der Waals surface area contributed by atoms with E-state index >= 15 is 0 Å². The van der Waals surface area contributed by atoms with Gasteiger partial charge in [0.1, 0.15) is 5.82 Å². The van der Waals surface area contributed by atoms with E-state index in [0.29, 0.717) is 5.92 Å².